The normalized spacial score (nSPS) is 19.4. The van der Waals surface area contributed by atoms with Crippen molar-refractivity contribution in [1.82, 2.24) is 19.5 Å². The first kappa shape index (κ1) is 16.4. The first-order chi connectivity index (χ1) is 11.9. The van der Waals surface area contributed by atoms with E-state index < -0.39 is 5.60 Å². The second-order valence-electron chi connectivity index (χ2n) is 8.27. The Kier molecular flexibility index (Phi) is 3.93. The Bertz CT molecular complexity index is 780. The lowest BCUT2D eigenvalue weighted by atomic mass is 9.91. The Morgan fingerprint density at radius 1 is 1.12 bits per heavy atom. The zero-order chi connectivity index (χ0) is 17.6. The van der Waals surface area contributed by atoms with Gasteiger partial charge in [-0.05, 0) is 63.9 Å². The van der Waals surface area contributed by atoms with Crippen LogP contribution in [0.15, 0.2) is 18.6 Å². The number of piperidine rings is 1. The summed E-state index contributed by atoms with van der Waals surface area (Å²) >= 11 is 0. The van der Waals surface area contributed by atoms with Crippen molar-refractivity contribution in [3.63, 3.8) is 0 Å². The van der Waals surface area contributed by atoms with Crippen molar-refractivity contribution in [3.05, 3.63) is 29.7 Å². The van der Waals surface area contributed by atoms with Crippen LogP contribution in [0.3, 0.4) is 0 Å². The zero-order valence-corrected chi connectivity index (χ0v) is 15.2. The zero-order valence-electron chi connectivity index (χ0n) is 15.2. The van der Waals surface area contributed by atoms with Crippen LogP contribution in [-0.4, -0.2) is 44.3 Å². The van der Waals surface area contributed by atoms with Crippen molar-refractivity contribution in [2.24, 2.45) is 0 Å². The van der Waals surface area contributed by atoms with Gasteiger partial charge in [-0.2, -0.15) is 5.10 Å². The van der Waals surface area contributed by atoms with Crippen LogP contribution in [-0.2, 0) is 4.74 Å². The lowest BCUT2D eigenvalue weighted by Gasteiger charge is -2.33. The van der Waals surface area contributed by atoms with Crippen LogP contribution in [0.4, 0.5) is 4.79 Å². The van der Waals surface area contributed by atoms with Crippen LogP contribution in [0.5, 0.6) is 0 Å². The molecule has 3 heterocycles. The molecule has 6 heteroatoms. The number of fused-ring (bicyclic) bond motifs is 1. The summed E-state index contributed by atoms with van der Waals surface area (Å²) in [4.78, 5) is 18.7. The van der Waals surface area contributed by atoms with Gasteiger partial charge >= 0.3 is 6.09 Å². The molecule has 6 nitrogen and oxygen atoms in total. The maximum Gasteiger partial charge on any atom is 0.410 e. The highest BCUT2D eigenvalue weighted by Crippen LogP contribution is 2.40. The molecule has 0 N–H and O–H groups in total. The highest BCUT2D eigenvalue weighted by molar-refractivity contribution is 5.68. The molecule has 1 amide bonds. The average Bonchev–Trinajstić information content (AvgIpc) is 3.33. The van der Waals surface area contributed by atoms with Crippen molar-refractivity contribution >= 4 is 11.7 Å². The van der Waals surface area contributed by atoms with Gasteiger partial charge in [0.25, 0.3) is 0 Å². The van der Waals surface area contributed by atoms with E-state index in [9.17, 15) is 4.79 Å². The van der Waals surface area contributed by atoms with Crippen molar-refractivity contribution in [2.45, 2.75) is 63.9 Å². The molecule has 2 aromatic heterocycles. The molecule has 0 aromatic carbocycles. The third kappa shape index (κ3) is 3.48. The van der Waals surface area contributed by atoms with E-state index in [-0.39, 0.29) is 6.09 Å². The van der Waals surface area contributed by atoms with Crippen molar-refractivity contribution in [2.75, 3.05) is 13.1 Å². The fourth-order valence-electron chi connectivity index (χ4n) is 3.52. The van der Waals surface area contributed by atoms with Crippen LogP contribution in [0.25, 0.3) is 5.65 Å². The Hall–Kier alpha value is -2.11. The predicted octanol–water partition coefficient (Wildman–Crippen LogP) is 3.72. The monoisotopic (exact) mass is 342 g/mol. The molecule has 2 fully saturated rings. The summed E-state index contributed by atoms with van der Waals surface area (Å²) < 4.78 is 7.39. The van der Waals surface area contributed by atoms with Gasteiger partial charge in [0.05, 0.1) is 6.20 Å². The van der Waals surface area contributed by atoms with Gasteiger partial charge in [0.2, 0.25) is 0 Å². The topological polar surface area (TPSA) is 59.7 Å². The van der Waals surface area contributed by atoms with Gasteiger partial charge in [-0.3, -0.25) is 0 Å². The number of rotatable bonds is 2. The van der Waals surface area contributed by atoms with Crippen LogP contribution >= 0.6 is 0 Å². The Balaban J connectivity index is 1.44. The predicted molar refractivity (Wildman–Crippen MR) is 94.7 cm³/mol. The summed E-state index contributed by atoms with van der Waals surface area (Å²) in [5.74, 6) is 1.08. The third-order valence-corrected chi connectivity index (χ3v) is 5.04. The van der Waals surface area contributed by atoms with E-state index in [1.807, 2.05) is 42.6 Å². The van der Waals surface area contributed by atoms with Crippen LogP contribution in [0, 0.1) is 0 Å². The summed E-state index contributed by atoms with van der Waals surface area (Å²) in [5, 5.41) is 4.52. The Morgan fingerprint density at radius 2 is 1.84 bits per heavy atom. The second-order valence-corrected chi connectivity index (χ2v) is 8.27. The molecule has 134 valence electrons. The molecule has 1 aliphatic carbocycles. The molecule has 1 aliphatic heterocycles. The molecule has 25 heavy (non-hydrogen) atoms. The lowest BCUT2D eigenvalue weighted by Crippen LogP contribution is -2.41. The quantitative estimate of drug-likeness (QED) is 0.834. The maximum absolute atomic E-state index is 12.2. The highest BCUT2D eigenvalue weighted by Gasteiger charge is 2.29. The molecular weight excluding hydrogens is 316 g/mol. The number of aromatic nitrogens is 3. The van der Waals surface area contributed by atoms with E-state index in [0.717, 1.165) is 31.6 Å². The van der Waals surface area contributed by atoms with Gasteiger partial charge in [-0.15, -0.1) is 0 Å². The van der Waals surface area contributed by atoms with Gasteiger partial charge in [-0.25, -0.2) is 14.3 Å². The van der Waals surface area contributed by atoms with Gasteiger partial charge in [0.15, 0.2) is 5.65 Å². The minimum absolute atomic E-state index is 0.210. The fourth-order valence-corrected chi connectivity index (χ4v) is 3.52. The van der Waals surface area contributed by atoms with Crippen molar-refractivity contribution < 1.29 is 9.53 Å². The Morgan fingerprint density at radius 3 is 2.48 bits per heavy atom. The number of ether oxygens (including phenoxy) is 1. The molecule has 4 rings (SSSR count). The molecule has 0 bridgehead atoms. The average molecular weight is 342 g/mol. The summed E-state index contributed by atoms with van der Waals surface area (Å²) in [5.41, 5.74) is 3.01. The van der Waals surface area contributed by atoms with Gasteiger partial charge < -0.3 is 9.64 Å². The molecule has 0 unspecified atom stereocenters. The number of carbonyl (C=O) groups excluding carboxylic acids is 1. The van der Waals surface area contributed by atoms with E-state index in [1.54, 1.807) is 0 Å². The summed E-state index contributed by atoms with van der Waals surface area (Å²) in [6.07, 6.45) is 10.3. The summed E-state index contributed by atoms with van der Waals surface area (Å²) in [7, 11) is 0. The number of likely N-dealkylation sites (tertiary alicyclic amines) is 1. The smallest absolute Gasteiger partial charge is 0.410 e. The third-order valence-electron chi connectivity index (χ3n) is 5.04. The highest BCUT2D eigenvalue weighted by atomic mass is 16.6. The number of carbonyl (C=O) groups is 1. The van der Waals surface area contributed by atoms with Gasteiger partial charge in [0.1, 0.15) is 5.60 Å². The molecule has 1 saturated heterocycles. The van der Waals surface area contributed by atoms with E-state index in [0.29, 0.717) is 11.8 Å². The molecule has 0 spiro atoms. The van der Waals surface area contributed by atoms with Crippen LogP contribution < -0.4 is 0 Å². The van der Waals surface area contributed by atoms with Gasteiger partial charge in [-0.1, -0.05) is 0 Å². The lowest BCUT2D eigenvalue weighted by molar-refractivity contribution is 0.0205. The number of hydrogen-bond acceptors (Lipinski definition) is 4. The van der Waals surface area contributed by atoms with Crippen molar-refractivity contribution in [3.8, 4) is 0 Å². The first-order valence-corrected chi connectivity index (χ1v) is 9.22. The van der Waals surface area contributed by atoms with E-state index in [1.165, 1.54) is 24.0 Å². The molecule has 1 saturated carbocycles. The molecule has 0 radical (unpaired) electrons. The van der Waals surface area contributed by atoms with Crippen LogP contribution in [0.1, 0.15) is 69.4 Å². The number of amides is 1. The first-order valence-electron chi connectivity index (χ1n) is 9.22. The second kappa shape index (κ2) is 6.00. The fraction of sp³-hybridized carbons (Fsp3) is 0.632. The summed E-state index contributed by atoms with van der Waals surface area (Å²) in [6, 6.07) is 0. The standard InChI is InChI=1S/C19H26N4O2/c1-19(2,3)25-18(24)22-8-6-14(7-9-22)16-11-21-23-12-15(13-4-5-13)10-20-17(16)23/h10-14H,4-9H2,1-3H3. The van der Waals surface area contributed by atoms with E-state index in [4.69, 9.17) is 4.74 Å². The summed E-state index contributed by atoms with van der Waals surface area (Å²) in [6.45, 7) is 7.14. The molecular formula is C19H26N4O2. The van der Waals surface area contributed by atoms with Gasteiger partial charge in [0, 0.05) is 31.0 Å². The SMILES string of the molecule is CC(C)(C)OC(=O)N1CCC(c2cnn3cc(C4CC4)cnc23)CC1. The number of nitrogens with zero attached hydrogens (tertiary/aromatic N) is 4. The van der Waals surface area contributed by atoms with E-state index >= 15 is 0 Å². The molecule has 2 aromatic rings. The van der Waals surface area contributed by atoms with Crippen LogP contribution in [0.2, 0.25) is 0 Å². The Labute approximate surface area is 148 Å². The molecule has 0 atom stereocenters. The minimum atomic E-state index is -0.445. The number of hydrogen-bond donors (Lipinski definition) is 0. The maximum atomic E-state index is 12.2. The van der Waals surface area contributed by atoms with E-state index in [2.05, 4.69) is 16.3 Å². The van der Waals surface area contributed by atoms with Crippen molar-refractivity contribution in [1.29, 1.82) is 0 Å². The largest absolute Gasteiger partial charge is 0.444 e. The molecule has 2 aliphatic rings. The minimum Gasteiger partial charge on any atom is -0.444 e.